The number of hydrogen-bond donors (Lipinski definition) is 3. The molecule has 0 aliphatic carbocycles. The molecule has 5 rings (SSSR count). The van der Waals surface area contributed by atoms with Crippen molar-refractivity contribution in [1.29, 1.82) is 0 Å². The number of methoxy groups -OCH3 is 1. The van der Waals surface area contributed by atoms with E-state index in [4.69, 9.17) is 21.2 Å². The Morgan fingerprint density at radius 3 is 2.45 bits per heavy atom. The van der Waals surface area contributed by atoms with Crippen LogP contribution in [0.1, 0.15) is 30.0 Å². The number of rotatable bonds is 6. The molecule has 0 unspecified atom stereocenters. The summed E-state index contributed by atoms with van der Waals surface area (Å²) in [5.41, 5.74) is 14.1. The fourth-order valence-corrected chi connectivity index (χ4v) is 4.13. The molecule has 5 N–H and O–H groups in total. The molecule has 0 fully saturated rings. The van der Waals surface area contributed by atoms with Crippen LogP contribution in [-0.2, 0) is 6.42 Å². The number of aromatic nitrogens is 5. The van der Waals surface area contributed by atoms with Gasteiger partial charge in [0.2, 0.25) is 11.8 Å². The van der Waals surface area contributed by atoms with Crippen molar-refractivity contribution in [2.24, 2.45) is 0 Å². The van der Waals surface area contributed by atoms with Crippen molar-refractivity contribution >= 4 is 28.6 Å². The Balaban J connectivity index is 0.000000240. The second-order valence-electron chi connectivity index (χ2n) is 8.53. The van der Waals surface area contributed by atoms with Crippen molar-refractivity contribution in [3.05, 3.63) is 94.8 Å². The van der Waals surface area contributed by atoms with E-state index < -0.39 is 0 Å². The SMILES string of the molecule is CCNC(=O)c1cnc(N)nc1N.CCc1nc2cccc(-c3ccnc(OC)c3)c2c(=O)n1-c1ccccc1. The molecule has 0 aliphatic rings. The average molecular weight is 539 g/mol. The molecule has 40 heavy (non-hydrogen) atoms. The number of nitrogens with one attached hydrogen (secondary N) is 1. The third-order valence-electron chi connectivity index (χ3n) is 5.97. The normalized spacial score (nSPS) is 10.5. The van der Waals surface area contributed by atoms with Crippen LogP contribution in [-0.4, -0.2) is 44.1 Å². The number of benzene rings is 2. The maximum Gasteiger partial charge on any atom is 0.266 e. The van der Waals surface area contributed by atoms with Crippen molar-refractivity contribution in [1.82, 2.24) is 29.8 Å². The molecule has 2 aromatic carbocycles. The van der Waals surface area contributed by atoms with E-state index in [0.717, 1.165) is 22.6 Å². The van der Waals surface area contributed by atoms with Gasteiger partial charge in [-0.05, 0) is 42.3 Å². The van der Waals surface area contributed by atoms with Gasteiger partial charge < -0.3 is 21.5 Å². The van der Waals surface area contributed by atoms with E-state index >= 15 is 0 Å². The van der Waals surface area contributed by atoms with Crippen molar-refractivity contribution in [3.63, 3.8) is 0 Å². The first-order valence-electron chi connectivity index (χ1n) is 12.6. The van der Waals surface area contributed by atoms with Gasteiger partial charge in [0.1, 0.15) is 11.6 Å². The molecular formula is C29H30N8O3. The van der Waals surface area contributed by atoms with Crippen LogP contribution in [0.15, 0.2) is 77.9 Å². The van der Waals surface area contributed by atoms with E-state index in [-0.39, 0.29) is 28.8 Å². The molecule has 0 radical (unpaired) electrons. The third kappa shape index (κ3) is 5.88. The van der Waals surface area contributed by atoms with Crippen LogP contribution in [0.3, 0.4) is 0 Å². The lowest BCUT2D eigenvalue weighted by Gasteiger charge is -2.14. The summed E-state index contributed by atoms with van der Waals surface area (Å²) in [6.07, 6.45) is 3.65. The van der Waals surface area contributed by atoms with Gasteiger partial charge in [-0.1, -0.05) is 37.3 Å². The van der Waals surface area contributed by atoms with E-state index in [1.807, 2.05) is 74.5 Å². The highest BCUT2D eigenvalue weighted by atomic mass is 16.5. The number of anilines is 2. The van der Waals surface area contributed by atoms with E-state index in [9.17, 15) is 9.59 Å². The van der Waals surface area contributed by atoms with Crippen LogP contribution in [0.4, 0.5) is 11.8 Å². The third-order valence-corrected chi connectivity index (χ3v) is 5.97. The summed E-state index contributed by atoms with van der Waals surface area (Å²) in [7, 11) is 1.58. The number of hydrogen-bond acceptors (Lipinski definition) is 9. The minimum Gasteiger partial charge on any atom is -0.481 e. The van der Waals surface area contributed by atoms with Gasteiger partial charge in [-0.3, -0.25) is 14.2 Å². The largest absolute Gasteiger partial charge is 0.481 e. The van der Waals surface area contributed by atoms with Crippen molar-refractivity contribution in [3.8, 4) is 22.7 Å². The number of pyridine rings is 1. The van der Waals surface area contributed by atoms with Crippen LogP contribution >= 0.6 is 0 Å². The molecule has 1 amide bonds. The molecule has 0 spiro atoms. The van der Waals surface area contributed by atoms with Gasteiger partial charge in [-0.15, -0.1) is 0 Å². The second-order valence-corrected chi connectivity index (χ2v) is 8.53. The number of ether oxygens (including phenoxy) is 1. The van der Waals surface area contributed by atoms with Crippen molar-refractivity contribution < 1.29 is 9.53 Å². The standard InChI is InChI=1S/C22H19N3O2.C7H11N5O/c1-3-19-24-18-11-7-10-17(15-12-13-23-20(14-15)27-2)21(18)22(26)25(19)16-8-5-4-6-9-16;1-2-10-6(13)4-3-11-7(9)12-5(4)8/h4-14H,3H2,1-2H3;3H,2H2,1H3,(H,10,13)(H4,8,9,11,12). The zero-order valence-corrected chi connectivity index (χ0v) is 22.5. The minimum absolute atomic E-state index is 0.0607. The van der Waals surface area contributed by atoms with Gasteiger partial charge in [-0.2, -0.15) is 4.98 Å². The summed E-state index contributed by atoms with van der Waals surface area (Å²) in [6.45, 7) is 4.35. The highest BCUT2D eigenvalue weighted by Crippen LogP contribution is 2.28. The summed E-state index contributed by atoms with van der Waals surface area (Å²) in [4.78, 5) is 41.1. The number of carbonyl (C=O) groups is 1. The van der Waals surface area contributed by atoms with E-state index in [1.165, 1.54) is 6.20 Å². The molecule has 3 aromatic heterocycles. The molecule has 11 nitrogen and oxygen atoms in total. The van der Waals surface area contributed by atoms with E-state index in [0.29, 0.717) is 29.7 Å². The number of nitrogens with zero attached hydrogens (tertiary/aromatic N) is 5. The summed E-state index contributed by atoms with van der Waals surface area (Å²) < 4.78 is 6.94. The Morgan fingerprint density at radius 2 is 1.77 bits per heavy atom. The highest BCUT2D eigenvalue weighted by molar-refractivity contribution is 5.98. The van der Waals surface area contributed by atoms with Crippen LogP contribution in [0.2, 0.25) is 0 Å². The smallest absolute Gasteiger partial charge is 0.266 e. The monoisotopic (exact) mass is 538 g/mol. The van der Waals surface area contributed by atoms with Gasteiger partial charge in [0, 0.05) is 31.4 Å². The summed E-state index contributed by atoms with van der Waals surface area (Å²) in [6, 6.07) is 19.1. The number of carbonyl (C=O) groups excluding carboxylic acids is 1. The van der Waals surface area contributed by atoms with Gasteiger partial charge in [-0.25, -0.2) is 15.0 Å². The molecule has 0 saturated heterocycles. The minimum atomic E-state index is -0.292. The molecule has 0 aliphatic heterocycles. The number of nitrogens with two attached hydrogens (primary N) is 2. The molecule has 11 heteroatoms. The number of para-hydroxylation sites is 1. The molecule has 204 valence electrons. The Hall–Kier alpha value is -5.32. The van der Waals surface area contributed by atoms with Crippen LogP contribution in [0, 0.1) is 0 Å². The van der Waals surface area contributed by atoms with Gasteiger partial charge >= 0.3 is 0 Å². The Morgan fingerprint density at radius 1 is 1.00 bits per heavy atom. The Labute approximate surface area is 230 Å². The first-order chi connectivity index (χ1) is 19.4. The summed E-state index contributed by atoms with van der Waals surface area (Å²) in [5.74, 6) is 1.11. The predicted octanol–water partition coefficient (Wildman–Crippen LogP) is 3.41. The fraction of sp³-hybridized carbons (Fsp3) is 0.172. The molecule has 3 heterocycles. The Kier molecular flexibility index (Phi) is 8.65. The lowest BCUT2D eigenvalue weighted by atomic mass is 10.0. The quantitative estimate of drug-likeness (QED) is 0.294. The van der Waals surface area contributed by atoms with E-state index in [2.05, 4.69) is 20.3 Å². The average Bonchev–Trinajstić information content (AvgIpc) is 2.97. The van der Waals surface area contributed by atoms with Crippen molar-refractivity contribution in [2.75, 3.05) is 25.1 Å². The van der Waals surface area contributed by atoms with Crippen LogP contribution < -0.4 is 27.1 Å². The zero-order chi connectivity index (χ0) is 28.6. The Bertz CT molecular complexity index is 1700. The topological polar surface area (TPSA) is 164 Å². The highest BCUT2D eigenvalue weighted by Gasteiger charge is 2.16. The lowest BCUT2D eigenvalue weighted by Crippen LogP contribution is -2.24. The summed E-state index contributed by atoms with van der Waals surface area (Å²) >= 11 is 0. The van der Waals surface area contributed by atoms with Gasteiger partial charge in [0.15, 0.2) is 0 Å². The number of aryl methyl sites for hydroxylation is 1. The van der Waals surface area contributed by atoms with Crippen LogP contribution in [0.25, 0.3) is 27.7 Å². The van der Waals surface area contributed by atoms with Crippen molar-refractivity contribution in [2.45, 2.75) is 20.3 Å². The molecule has 5 aromatic rings. The first kappa shape index (κ1) is 27.7. The maximum atomic E-state index is 13.5. The first-order valence-corrected chi connectivity index (χ1v) is 12.6. The summed E-state index contributed by atoms with van der Waals surface area (Å²) in [5, 5.41) is 3.17. The van der Waals surface area contributed by atoms with E-state index in [1.54, 1.807) is 17.9 Å². The maximum absolute atomic E-state index is 13.5. The second kappa shape index (κ2) is 12.5. The number of fused-ring (bicyclic) bond motifs is 1. The van der Waals surface area contributed by atoms with Gasteiger partial charge in [0.05, 0.1) is 29.3 Å². The molecular weight excluding hydrogens is 508 g/mol. The zero-order valence-electron chi connectivity index (χ0n) is 22.5. The number of amides is 1. The predicted molar refractivity (Wildman–Crippen MR) is 155 cm³/mol. The lowest BCUT2D eigenvalue weighted by molar-refractivity contribution is 0.0956. The fourth-order valence-electron chi connectivity index (χ4n) is 4.13. The molecule has 0 saturated carbocycles. The molecule has 0 atom stereocenters. The van der Waals surface area contributed by atoms with Crippen LogP contribution in [0.5, 0.6) is 5.88 Å². The van der Waals surface area contributed by atoms with Gasteiger partial charge in [0.25, 0.3) is 11.5 Å². The number of nitrogen functional groups attached to an aromatic ring is 2. The molecule has 0 bridgehead atoms.